The Bertz CT molecular complexity index is 447. The van der Waals surface area contributed by atoms with Crippen LogP contribution in [0.3, 0.4) is 0 Å². The number of thioether (sulfide) groups is 1. The van der Waals surface area contributed by atoms with E-state index in [1.807, 2.05) is 0 Å². The van der Waals surface area contributed by atoms with E-state index in [-0.39, 0.29) is 5.37 Å². The van der Waals surface area contributed by atoms with Gasteiger partial charge in [0, 0.05) is 5.75 Å². The van der Waals surface area contributed by atoms with E-state index in [9.17, 15) is 18.0 Å². The van der Waals surface area contributed by atoms with Gasteiger partial charge >= 0.3 is 12.1 Å². The molecule has 1 aromatic carbocycles. The van der Waals surface area contributed by atoms with Crippen molar-refractivity contribution in [2.45, 2.75) is 17.6 Å². The average molecular weight is 277 g/mol. The summed E-state index contributed by atoms with van der Waals surface area (Å²) in [4.78, 5) is 10.7. The van der Waals surface area contributed by atoms with Crippen molar-refractivity contribution in [3.8, 4) is 0 Å². The van der Waals surface area contributed by atoms with Crippen LogP contribution in [0.25, 0.3) is 0 Å². The summed E-state index contributed by atoms with van der Waals surface area (Å²) in [5.41, 5.74) is -0.0548. The molecule has 1 heterocycles. The largest absolute Gasteiger partial charge is 0.480 e. The summed E-state index contributed by atoms with van der Waals surface area (Å²) in [6.45, 7) is 0. The van der Waals surface area contributed by atoms with Gasteiger partial charge in [0.25, 0.3) is 0 Å². The molecule has 0 radical (unpaired) electrons. The highest BCUT2D eigenvalue weighted by Crippen LogP contribution is 2.35. The molecule has 0 spiro atoms. The van der Waals surface area contributed by atoms with Crippen molar-refractivity contribution >= 4 is 17.7 Å². The van der Waals surface area contributed by atoms with Crippen molar-refractivity contribution < 1.29 is 23.1 Å². The van der Waals surface area contributed by atoms with E-state index in [1.54, 1.807) is 0 Å². The second-order valence-corrected chi connectivity index (χ2v) is 5.03. The highest BCUT2D eigenvalue weighted by atomic mass is 32.2. The fourth-order valence-corrected chi connectivity index (χ4v) is 2.89. The van der Waals surface area contributed by atoms with Crippen LogP contribution in [0.1, 0.15) is 16.5 Å². The first-order chi connectivity index (χ1) is 8.38. The van der Waals surface area contributed by atoms with Crippen LogP contribution in [0.4, 0.5) is 13.2 Å². The van der Waals surface area contributed by atoms with Gasteiger partial charge in [0.1, 0.15) is 6.04 Å². The number of nitrogens with one attached hydrogen (secondary N) is 1. The lowest BCUT2D eigenvalue weighted by Gasteiger charge is -2.12. The fraction of sp³-hybridized carbons (Fsp3) is 0.364. The van der Waals surface area contributed by atoms with Crippen LogP contribution in [-0.2, 0) is 11.0 Å². The van der Waals surface area contributed by atoms with Crippen LogP contribution in [0.5, 0.6) is 0 Å². The highest BCUT2D eigenvalue weighted by molar-refractivity contribution is 7.99. The number of halogens is 3. The summed E-state index contributed by atoms with van der Waals surface area (Å²) in [7, 11) is 0. The Morgan fingerprint density at radius 2 is 1.94 bits per heavy atom. The molecule has 3 nitrogen and oxygen atoms in total. The van der Waals surface area contributed by atoms with Crippen molar-refractivity contribution in [3.63, 3.8) is 0 Å². The summed E-state index contributed by atoms with van der Waals surface area (Å²) in [6, 6.07) is 4.11. The van der Waals surface area contributed by atoms with Gasteiger partial charge in [0.05, 0.1) is 10.9 Å². The molecule has 1 aliphatic rings. The Labute approximate surface area is 105 Å². The van der Waals surface area contributed by atoms with Crippen molar-refractivity contribution in [3.05, 3.63) is 35.4 Å². The maximum absolute atomic E-state index is 12.4. The molecule has 0 bridgehead atoms. The Morgan fingerprint density at radius 1 is 1.33 bits per heavy atom. The molecule has 1 aromatic rings. The molecule has 1 aliphatic heterocycles. The van der Waals surface area contributed by atoms with Crippen molar-refractivity contribution in [1.29, 1.82) is 0 Å². The second-order valence-electron chi connectivity index (χ2n) is 3.89. The number of hydrogen-bond acceptors (Lipinski definition) is 3. The molecule has 1 saturated heterocycles. The minimum absolute atomic E-state index is 0.270. The Hall–Kier alpha value is -1.21. The van der Waals surface area contributed by atoms with Crippen LogP contribution in [0.15, 0.2) is 24.3 Å². The minimum Gasteiger partial charge on any atom is -0.480 e. The minimum atomic E-state index is -4.35. The lowest BCUT2D eigenvalue weighted by atomic mass is 10.1. The molecule has 7 heteroatoms. The van der Waals surface area contributed by atoms with E-state index in [0.29, 0.717) is 11.3 Å². The number of carbonyl (C=O) groups is 1. The van der Waals surface area contributed by atoms with Gasteiger partial charge in [-0.2, -0.15) is 13.2 Å². The summed E-state index contributed by atoms with van der Waals surface area (Å²) in [6.07, 6.45) is -4.35. The molecule has 0 aromatic heterocycles. The number of aliphatic carboxylic acids is 1. The van der Waals surface area contributed by atoms with Gasteiger partial charge in [0.2, 0.25) is 0 Å². The molecular formula is C11H10F3NO2S. The Balaban J connectivity index is 2.10. The van der Waals surface area contributed by atoms with E-state index in [4.69, 9.17) is 5.11 Å². The molecule has 2 N–H and O–H groups in total. The molecule has 2 rings (SSSR count). The second kappa shape index (κ2) is 4.81. The summed E-state index contributed by atoms with van der Waals surface area (Å²) in [5, 5.41) is 11.4. The van der Waals surface area contributed by atoms with E-state index in [0.717, 1.165) is 12.1 Å². The maximum atomic E-state index is 12.4. The molecule has 1 fully saturated rings. The van der Waals surface area contributed by atoms with Crippen molar-refractivity contribution in [2.75, 3.05) is 5.75 Å². The predicted molar refractivity (Wildman–Crippen MR) is 61.2 cm³/mol. The maximum Gasteiger partial charge on any atom is 0.416 e. The SMILES string of the molecule is O=C(O)C1CS[C@H](c2ccc(C(F)(F)F)cc2)N1. The van der Waals surface area contributed by atoms with Crippen LogP contribution >= 0.6 is 11.8 Å². The standard InChI is InChI=1S/C11H10F3NO2S/c12-11(13,14)7-3-1-6(2-4-7)9-15-8(5-18-9)10(16)17/h1-4,8-9,15H,5H2,(H,16,17)/t8?,9-/m1/s1. The van der Waals surface area contributed by atoms with Gasteiger partial charge in [-0.1, -0.05) is 12.1 Å². The third kappa shape index (κ3) is 2.78. The van der Waals surface area contributed by atoms with Crippen LogP contribution < -0.4 is 5.32 Å². The third-order valence-electron chi connectivity index (χ3n) is 2.62. The first-order valence-electron chi connectivity index (χ1n) is 5.15. The lowest BCUT2D eigenvalue weighted by Crippen LogP contribution is -2.33. The van der Waals surface area contributed by atoms with Gasteiger partial charge in [-0.15, -0.1) is 11.8 Å². The molecule has 2 atom stereocenters. The third-order valence-corrected chi connectivity index (χ3v) is 3.89. The average Bonchev–Trinajstić information content (AvgIpc) is 2.77. The first-order valence-corrected chi connectivity index (χ1v) is 6.20. The predicted octanol–water partition coefficient (Wildman–Crippen LogP) is 2.49. The van der Waals surface area contributed by atoms with Crippen molar-refractivity contribution in [1.82, 2.24) is 5.32 Å². The Kier molecular flexibility index (Phi) is 3.54. The number of carboxylic acids is 1. The number of benzene rings is 1. The first kappa shape index (κ1) is 13.2. The van der Waals surface area contributed by atoms with Crippen LogP contribution in [0.2, 0.25) is 0 Å². The summed E-state index contributed by atoms with van der Waals surface area (Å²) >= 11 is 1.37. The molecule has 18 heavy (non-hydrogen) atoms. The van der Waals surface area contributed by atoms with E-state index >= 15 is 0 Å². The normalized spacial score (nSPS) is 24.2. The Morgan fingerprint density at radius 3 is 2.39 bits per heavy atom. The van der Waals surface area contributed by atoms with Crippen LogP contribution in [-0.4, -0.2) is 22.9 Å². The van der Waals surface area contributed by atoms with E-state index < -0.39 is 23.8 Å². The molecule has 98 valence electrons. The molecule has 0 saturated carbocycles. The zero-order chi connectivity index (χ0) is 13.3. The van der Waals surface area contributed by atoms with Gasteiger partial charge < -0.3 is 5.11 Å². The van der Waals surface area contributed by atoms with Crippen LogP contribution in [0, 0.1) is 0 Å². The zero-order valence-corrected chi connectivity index (χ0v) is 9.89. The van der Waals surface area contributed by atoms with E-state index in [1.165, 1.54) is 23.9 Å². The summed E-state index contributed by atoms with van der Waals surface area (Å²) < 4.78 is 37.1. The van der Waals surface area contributed by atoms with Gasteiger partial charge in [-0.05, 0) is 17.7 Å². The number of hydrogen-bond donors (Lipinski definition) is 2. The smallest absolute Gasteiger partial charge is 0.416 e. The number of carboxylic acid groups (broad SMARTS) is 1. The quantitative estimate of drug-likeness (QED) is 0.872. The lowest BCUT2D eigenvalue weighted by molar-refractivity contribution is -0.139. The molecule has 0 aliphatic carbocycles. The monoisotopic (exact) mass is 277 g/mol. The van der Waals surface area contributed by atoms with Gasteiger partial charge in [-0.3, -0.25) is 10.1 Å². The highest BCUT2D eigenvalue weighted by Gasteiger charge is 2.32. The van der Waals surface area contributed by atoms with Gasteiger partial charge in [-0.25, -0.2) is 0 Å². The van der Waals surface area contributed by atoms with Gasteiger partial charge in [0.15, 0.2) is 0 Å². The molecule has 1 unspecified atom stereocenters. The zero-order valence-electron chi connectivity index (χ0n) is 9.07. The topological polar surface area (TPSA) is 49.3 Å². The molecular weight excluding hydrogens is 267 g/mol. The fourth-order valence-electron chi connectivity index (χ4n) is 1.65. The van der Waals surface area contributed by atoms with E-state index in [2.05, 4.69) is 5.32 Å². The molecule has 0 amide bonds. The van der Waals surface area contributed by atoms with Crippen molar-refractivity contribution in [2.24, 2.45) is 0 Å². The summed E-state index contributed by atoms with van der Waals surface area (Å²) in [5.74, 6) is -0.544. The number of alkyl halides is 3. The number of rotatable bonds is 2.